The van der Waals surface area contributed by atoms with E-state index in [4.69, 9.17) is 0 Å². The van der Waals surface area contributed by atoms with Crippen LogP contribution in [0, 0.1) is 11.6 Å². The average Bonchev–Trinajstić information content (AvgIpc) is 2.35. The molecule has 0 unspecified atom stereocenters. The summed E-state index contributed by atoms with van der Waals surface area (Å²) in [6.07, 6.45) is 0.0544. The van der Waals surface area contributed by atoms with Crippen molar-refractivity contribution in [3.05, 3.63) is 69.7 Å². The van der Waals surface area contributed by atoms with Gasteiger partial charge in [-0.15, -0.1) is 0 Å². The summed E-state index contributed by atoms with van der Waals surface area (Å²) in [5, 5.41) is 0. The molecule has 0 fully saturated rings. The van der Waals surface area contributed by atoms with E-state index in [1.807, 2.05) is 6.07 Å². The zero-order chi connectivity index (χ0) is 13.1. The summed E-state index contributed by atoms with van der Waals surface area (Å²) in [6.45, 7) is 0. The summed E-state index contributed by atoms with van der Waals surface area (Å²) >= 11 is 2.87. The lowest BCUT2D eigenvalue weighted by molar-refractivity contribution is 0.0988. The maximum absolute atomic E-state index is 13.6. The van der Waals surface area contributed by atoms with Gasteiger partial charge in [-0.1, -0.05) is 30.3 Å². The van der Waals surface area contributed by atoms with Crippen LogP contribution in [0.3, 0.4) is 0 Å². The molecule has 2 aromatic carbocycles. The van der Waals surface area contributed by atoms with Crippen LogP contribution in [0.2, 0.25) is 0 Å². The third kappa shape index (κ3) is 2.82. The molecule has 0 aliphatic rings. The second-order valence-corrected chi connectivity index (χ2v) is 4.69. The predicted octanol–water partition coefficient (Wildman–Crippen LogP) is 4.15. The summed E-state index contributed by atoms with van der Waals surface area (Å²) < 4.78 is 26.9. The summed E-state index contributed by atoms with van der Waals surface area (Å²) in [4.78, 5) is 11.9. The van der Waals surface area contributed by atoms with E-state index in [9.17, 15) is 13.6 Å². The van der Waals surface area contributed by atoms with Gasteiger partial charge in [-0.05, 0) is 33.6 Å². The minimum absolute atomic E-state index is 0.0104. The highest BCUT2D eigenvalue weighted by atomic mass is 79.9. The molecule has 0 aliphatic carbocycles. The second kappa shape index (κ2) is 5.40. The van der Waals surface area contributed by atoms with Crippen LogP contribution >= 0.6 is 15.9 Å². The van der Waals surface area contributed by atoms with Crippen molar-refractivity contribution in [1.29, 1.82) is 0 Å². The third-order valence-electron chi connectivity index (χ3n) is 2.52. The highest BCUT2D eigenvalue weighted by Gasteiger charge is 2.15. The van der Waals surface area contributed by atoms with E-state index in [1.54, 1.807) is 24.3 Å². The Labute approximate surface area is 112 Å². The maximum atomic E-state index is 13.6. The number of hydrogen-bond donors (Lipinski definition) is 0. The lowest BCUT2D eigenvalue weighted by Gasteiger charge is -2.04. The Kier molecular flexibility index (Phi) is 3.87. The van der Waals surface area contributed by atoms with Gasteiger partial charge in [-0.3, -0.25) is 4.79 Å². The van der Waals surface area contributed by atoms with Crippen LogP contribution in [0.5, 0.6) is 0 Å². The molecule has 4 heteroatoms. The number of benzene rings is 2. The monoisotopic (exact) mass is 310 g/mol. The highest BCUT2D eigenvalue weighted by molar-refractivity contribution is 9.10. The molecule has 0 atom stereocenters. The number of carbonyl (C=O) groups excluding carboxylic acids is 1. The smallest absolute Gasteiger partial charge is 0.170 e. The molecule has 0 saturated carbocycles. The predicted molar refractivity (Wildman–Crippen MR) is 68.5 cm³/mol. The molecule has 0 aromatic heterocycles. The molecule has 0 spiro atoms. The van der Waals surface area contributed by atoms with E-state index in [0.717, 1.165) is 17.7 Å². The van der Waals surface area contributed by atoms with Gasteiger partial charge in [0.2, 0.25) is 0 Å². The third-order valence-corrected chi connectivity index (χ3v) is 3.13. The Balaban J connectivity index is 2.27. The lowest BCUT2D eigenvalue weighted by Crippen LogP contribution is -2.07. The molecule has 0 heterocycles. The Bertz CT molecular complexity index is 582. The summed E-state index contributed by atoms with van der Waals surface area (Å²) in [5.74, 6) is -1.80. The topological polar surface area (TPSA) is 17.1 Å². The van der Waals surface area contributed by atoms with Crippen molar-refractivity contribution in [1.82, 2.24) is 0 Å². The fraction of sp³-hybridized carbons (Fsp3) is 0.0714. The van der Waals surface area contributed by atoms with Crippen LogP contribution in [-0.4, -0.2) is 5.78 Å². The molecule has 0 saturated heterocycles. The first-order valence-corrected chi connectivity index (χ1v) is 6.09. The largest absolute Gasteiger partial charge is 0.294 e. The molecular weight excluding hydrogens is 302 g/mol. The zero-order valence-electron chi connectivity index (χ0n) is 9.29. The van der Waals surface area contributed by atoms with E-state index in [2.05, 4.69) is 15.9 Å². The summed E-state index contributed by atoms with van der Waals surface area (Å²) in [7, 11) is 0. The van der Waals surface area contributed by atoms with Crippen molar-refractivity contribution in [3.8, 4) is 0 Å². The van der Waals surface area contributed by atoms with Crippen LogP contribution in [0.4, 0.5) is 8.78 Å². The molecule has 92 valence electrons. The van der Waals surface area contributed by atoms with Gasteiger partial charge in [-0.25, -0.2) is 8.78 Å². The second-order valence-electron chi connectivity index (χ2n) is 3.83. The average molecular weight is 311 g/mol. The van der Waals surface area contributed by atoms with Gasteiger partial charge in [-0.2, -0.15) is 0 Å². The van der Waals surface area contributed by atoms with Gasteiger partial charge in [0.25, 0.3) is 0 Å². The number of hydrogen-bond acceptors (Lipinski definition) is 1. The highest BCUT2D eigenvalue weighted by Crippen LogP contribution is 2.21. The van der Waals surface area contributed by atoms with Gasteiger partial charge < -0.3 is 0 Å². The molecule has 0 bridgehead atoms. The molecule has 1 nitrogen and oxygen atoms in total. The Morgan fingerprint density at radius 2 is 1.72 bits per heavy atom. The van der Waals surface area contributed by atoms with Crippen molar-refractivity contribution in [2.45, 2.75) is 6.42 Å². The van der Waals surface area contributed by atoms with E-state index in [-0.39, 0.29) is 16.5 Å². The minimum Gasteiger partial charge on any atom is -0.294 e. The summed E-state index contributed by atoms with van der Waals surface area (Å²) in [5.41, 5.74) is 0.546. The van der Waals surface area contributed by atoms with Gasteiger partial charge >= 0.3 is 0 Å². The zero-order valence-corrected chi connectivity index (χ0v) is 10.9. The van der Waals surface area contributed by atoms with Gasteiger partial charge in [0, 0.05) is 6.42 Å². The molecule has 0 radical (unpaired) electrons. The Morgan fingerprint density at radius 3 is 2.39 bits per heavy atom. The number of Topliss-reactive ketones (excluding diaryl/α,β-unsaturated/α-hetero) is 1. The SMILES string of the molecule is O=C(Cc1ccccc1)c1cc(F)c(Br)cc1F. The number of carbonyl (C=O) groups is 1. The van der Waals surface area contributed by atoms with Crippen LogP contribution in [-0.2, 0) is 6.42 Å². The van der Waals surface area contributed by atoms with Crippen molar-refractivity contribution in [3.63, 3.8) is 0 Å². The lowest BCUT2D eigenvalue weighted by atomic mass is 10.0. The van der Waals surface area contributed by atoms with Crippen molar-refractivity contribution >= 4 is 21.7 Å². The van der Waals surface area contributed by atoms with E-state index >= 15 is 0 Å². The Morgan fingerprint density at radius 1 is 1.06 bits per heavy atom. The Hall–Kier alpha value is -1.55. The number of halogens is 3. The van der Waals surface area contributed by atoms with E-state index in [1.165, 1.54) is 0 Å². The first-order valence-electron chi connectivity index (χ1n) is 5.29. The summed E-state index contributed by atoms with van der Waals surface area (Å²) in [6, 6.07) is 10.8. The van der Waals surface area contributed by atoms with Gasteiger partial charge in [0.15, 0.2) is 5.78 Å². The molecular formula is C14H9BrF2O. The molecule has 0 N–H and O–H groups in total. The molecule has 0 aliphatic heterocycles. The van der Waals surface area contributed by atoms with Crippen molar-refractivity contribution in [2.75, 3.05) is 0 Å². The van der Waals surface area contributed by atoms with E-state index < -0.39 is 17.4 Å². The number of ketones is 1. The first-order chi connectivity index (χ1) is 8.58. The van der Waals surface area contributed by atoms with Crippen LogP contribution in [0.1, 0.15) is 15.9 Å². The molecule has 2 rings (SSSR count). The normalized spacial score (nSPS) is 10.4. The van der Waals surface area contributed by atoms with E-state index in [0.29, 0.717) is 0 Å². The quantitative estimate of drug-likeness (QED) is 0.615. The van der Waals surface area contributed by atoms with Crippen LogP contribution in [0.15, 0.2) is 46.9 Å². The van der Waals surface area contributed by atoms with Gasteiger partial charge in [0.1, 0.15) is 11.6 Å². The van der Waals surface area contributed by atoms with Gasteiger partial charge in [0.05, 0.1) is 10.0 Å². The van der Waals surface area contributed by atoms with Crippen molar-refractivity contribution in [2.24, 2.45) is 0 Å². The van der Waals surface area contributed by atoms with Crippen LogP contribution in [0.25, 0.3) is 0 Å². The molecule has 2 aromatic rings. The number of rotatable bonds is 3. The minimum atomic E-state index is -0.718. The molecule has 18 heavy (non-hydrogen) atoms. The standard InChI is InChI=1S/C14H9BrF2O/c15-11-8-12(16)10(7-13(11)17)14(18)6-9-4-2-1-3-5-9/h1-5,7-8H,6H2. The fourth-order valence-corrected chi connectivity index (χ4v) is 1.93. The van der Waals surface area contributed by atoms with Crippen LogP contribution < -0.4 is 0 Å². The molecule has 0 amide bonds. The van der Waals surface area contributed by atoms with Crippen molar-refractivity contribution < 1.29 is 13.6 Å². The maximum Gasteiger partial charge on any atom is 0.170 e. The fourth-order valence-electron chi connectivity index (χ4n) is 1.61. The first kappa shape index (κ1) is 12.9.